The van der Waals surface area contributed by atoms with Crippen molar-refractivity contribution in [3.05, 3.63) is 100.0 Å². The first kappa shape index (κ1) is 23.8. The zero-order valence-electron chi connectivity index (χ0n) is 19.6. The topological polar surface area (TPSA) is 36.3 Å². The van der Waals surface area contributed by atoms with Crippen molar-refractivity contribution in [3.8, 4) is 22.8 Å². The Labute approximate surface area is 204 Å². The predicted molar refractivity (Wildman–Crippen MR) is 134 cm³/mol. The van der Waals surface area contributed by atoms with E-state index in [0.717, 1.165) is 16.7 Å². The van der Waals surface area contributed by atoms with E-state index >= 15 is 0 Å². The number of nitrogens with zero attached hydrogens (tertiary/aromatic N) is 2. The fourth-order valence-electron chi connectivity index (χ4n) is 3.86. The molecule has 1 aromatic heterocycles. The number of rotatable bonds is 9. The molecule has 6 heteroatoms. The number of aryl methyl sites for hydroxylation is 3. The lowest BCUT2D eigenvalue weighted by atomic mass is 10.0. The van der Waals surface area contributed by atoms with Gasteiger partial charge in [0.1, 0.15) is 12.4 Å². The molecule has 1 heterocycles. The van der Waals surface area contributed by atoms with E-state index in [2.05, 4.69) is 68.3 Å². The largest absolute Gasteiger partial charge is 0.490 e. The monoisotopic (exact) mass is 478 g/mol. The summed E-state index contributed by atoms with van der Waals surface area (Å²) < 4.78 is 27.1. The van der Waals surface area contributed by atoms with Gasteiger partial charge in [0.2, 0.25) is 5.82 Å². The second-order valence-corrected chi connectivity index (χ2v) is 8.91. The zero-order chi connectivity index (χ0) is 24.1. The van der Waals surface area contributed by atoms with Gasteiger partial charge >= 0.3 is 0 Å². The van der Waals surface area contributed by atoms with Crippen LogP contribution in [0.15, 0.2) is 66.9 Å². The number of benzene rings is 3. The van der Waals surface area contributed by atoms with Crippen LogP contribution in [0.4, 0.5) is 4.39 Å². The van der Waals surface area contributed by atoms with Gasteiger partial charge in [-0.2, -0.15) is 4.39 Å². The molecule has 0 atom stereocenters. The van der Waals surface area contributed by atoms with Crippen molar-refractivity contribution in [1.29, 1.82) is 0 Å². The molecule has 0 saturated heterocycles. The van der Waals surface area contributed by atoms with Crippen molar-refractivity contribution in [2.45, 2.75) is 33.7 Å². The summed E-state index contributed by atoms with van der Waals surface area (Å²) in [5.41, 5.74) is 6.90. The van der Waals surface area contributed by atoms with Crippen LogP contribution < -0.4 is 9.47 Å². The molecule has 0 saturated carbocycles. The van der Waals surface area contributed by atoms with Gasteiger partial charge in [-0.25, -0.2) is 0 Å². The van der Waals surface area contributed by atoms with Crippen LogP contribution in [0.5, 0.6) is 11.6 Å². The van der Waals surface area contributed by atoms with Crippen molar-refractivity contribution < 1.29 is 13.9 Å². The quantitative estimate of drug-likeness (QED) is 0.260. The first-order valence-corrected chi connectivity index (χ1v) is 11.7. The van der Waals surface area contributed by atoms with Crippen LogP contribution in [0.1, 0.15) is 22.3 Å². The van der Waals surface area contributed by atoms with Gasteiger partial charge in [-0.15, -0.1) is 5.10 Å². The van der Waals surface area contributed by atoms with Crippen LogP contribution in [-0.2, 0) is 13.0 Å². The second kappa shape index (κ2) is 10.7. The van der Waals surface area contributed by atoms with Crippen molar-refractivity contribution >= 4 is 11.6 Å². The summed E-state index contributed by atoms with van der Waals surface area (Å²) in [6.07, 6.45) is 2.01. The summed E-state index contributed by atoms with van der Waals surface area (Å²) in [5, 5.41) is 4.72. The Morgan fingerprint density at radius 1 is 0.824 bits per heavy atom. The molecular weight excluding hydrogens is 451 g/mol. The zero-order valence-corrected chi connectivity index (χ0v) is 20.4. The molecule has 4 nitrogen and oxygen atoms in total. The minimum absolute atomic E-state index is 0.00450. The SMILES string of the molecule is Cc1ccc(-c2ccc(OCCn3cc(F)c(OCCc4cc(C)cc(C)c4)n3)c(Cl)c2)cc1. The lowest BCUT2D eigenvalue weighted by Gasteiger charge is -2.10. The Morgan fingerprint density at radius 2 is 1.53 bits per heavy atom. The first-order valence-electron chi connectivity index (χ1n) is 11.3. The summed E-state index contributed by atoms with van der Waals surface area (Å²) in [7, 11) is 0. The standard InChI is InChI=1S/C28H28ClFN2O2/c1-19-4-6-23(7-5-19)24-8-9-27(25(29)17-24)33-13-11-32-18-26(30)28(31-32)34-12-10-22-15-20(2)14-21(3)16-22/h4-9,14-18H,10-13H2,1-3H3. The number of halogens is 2. The number of hydrogen-bond acceptors (Lipinski definition) is 3. The maximum absolute atomic E-state index is 14.2. The Hall–Kier alpha value is -3.31. The smallest absolute Gasteiger partial charge is 0.269 e. The highest BCUT2D eigenvalue weighted by molar-refractivity contribution is 6.32. The van der Waals surface area contributed by atoms with Gasteiger partial charge in [0.25, 0.3) is 5.88 Å². The maximum atomic E-state index is 14.2. The number of ether oxygens (including phenoxy) is 2. The van der Waals surface area contributed by atoms with Gasteiger partial charge < -0.3 is 9.47 Å². The van der Waals surface area contributed by atoms with Crippen molar-refractivity contribution in [3.63, 3.8) is 0 Å². The summed E-state index contributed by atoms with van der Waals surface area (Å²) in [4.78, 5) is 0. The molecule has 34 heavy (non-hydrogen) atoms. The van der Waals surface area contributed by atoms with Gasteiger partial charge in [-0.05, 0) is 49.6 Å². The van der Waals surface area contributed by atoms with E-state index in [0.29, 0.717) is 37.0 Å². The molecular formula is C28H28ClFN2O2. The third-order valence-corrected chi connectivity index (χ3v) is 5.79. The Morgan fingerprint density at radius 3 is 2.24 bits per heavy atom. The van der Waals surface area contributed by atoms with Crippen LogP contribution in [0.25, 0.3) is 11.1 Å². The molecule has 0 spiro atoms. The average Bonchev–Trinajstić information content (AvgIpc) is 3.14. The summed E-state index contributed by atoms with van der Waals surface area (Å²) >= 11 is 6.42. The van der Waals surface area contributed by atoms with Gasteiger partial charge in [-0.1, -0.05) is 76.8 Å². The van der Waals surface area contributed by atoms with E-state index in [1.54, 1.807) is 0 Å². The fourth-order valence-corrected chi connectivity index (χ4v) is 4.10. The fraction of sp³-hybridized carbons (Fsp3) is 0.250. The molecule has 176 valence electrons. The minimum Gasteiger partial charge on any atom is -0.490 e. The first-order chi connectivity index (χ1) is 16.4. The maximum Gasteiger partial charge on any atom is 0.269 e. The molecule has 4 rings (SSSR count). The molecule has 3 aromatic carbocycles. The molecule has 0 amide bonds. The minimum atomic E-state index is -0.485. The van der Waals surface area contributed by atoms with Gasteiger partial charge in [0.15, 0.2) is 0 Å². The van der Waals surface area contributed by atoms with Crippen molar-refractivity contribution in [2.24, 2.45) is 0 Å². The van der Waals surface area contributed by atoms with Crippen LogP contribution in [-0.4, -0.2) is 23.0 Å². The Bertz CT molecular complexity index is 1250. The summed E-state index contributed by atoms with van der Waals surface area (Å²) in [6.45, 7) is 7.20. The molecule has 0 fully saturated rings. The normalized spacial score (nSPS) is 11.0. The number of aromatic nitrogens is 2. The lowest BCUT2D eigenvalue weighted by Crippen LogP contribution is -2.09. The van der Waals surface area contributed by atoms with Gasteiger partial charge in [0, 0.05) is 6.42 Å². The molecule has 0 N–H and O–H groups in total. The number of hydrogen-bond donors (Lipinski definition) is 0. The highest BCUT2D eigenvalue weighted by Crippen LogP contribution is 2.30. The highest BCUT2D eigenvalue weighted by atomic mass is 35.5. The van der Waals surface area contributed by atoms with Gasteiger partial charge in [0.05, 0.1) is 24.4 Å². The molecule has 0 radical (unpaired) electrons. The predicted octanol–water partition coefficient (Wildman–Crippen LogP) is 6.97. The van der Waals surface area contributed by atoms with E-state index in [9.17, 15) is 4.39 Å². The molecule has 0 aliphatic carbocycles. The van der Waals surface area contributed by atoms with E-state index in [-0.39, 0.29) is 5.88 Å². The third-order valence-electron chi connectivity index (χ3n) is 5.49. The van der Waals surface area contributed by atoms with Crippen LogP contribution in [0, 0.1) is 26.6 Å². The Balaban J connectivity index is 1.29. The third kappa shape index (κ3) is 6.17. The van der Waals surface area contributed by atoms with E-state index in [1.165, 1.54) is 27.6 Å². The van der Waals surface area contributed by atoms with E-state index in [1.807, 2.05) is 18.2 Å². The van der Waals surface area contributed by atoms with Crippen molar-refractivity contribution in [1.82, 2.24) is 9.78 Å². The molecule has 0 bridgehead atoms. The molecule has 4 aromatic rings. The second-order valence-electron chi connectivity index (χ2n) is 8.50. The van der Waals surface area contributed by atoms with Crippen LogP contribution >= 0.6 is 11.6 Å². The van der Waals surface area contributed by atoms with Crippen LogP contribution in [0.2, 0.25) is 5.02 Å². The Kier molecular flexibility index (Phi) is 7.53. The van der Waals surface area contributed by atoms with Gasteiger partial charge in [-0.3, -0.25) is 4.68 Å². The highest BCUT2D eigenvalue weighted by Gasteiger charge is 2.11. The van der Waals surface area contributed by atoms with Crippen molar-refractivity contribution in [2.75, 3.05) is 13.2 Å². The molecule has 0 aliphatic rings. The summed E-state index contributed by atoms with van der Waals surface area (Å²) in [6, 6.07) is 20.3. The summed E-state index contributed by atoms with van der Waals surface area (Å²) in [5.74, 6) is 0.0980. The van der Waals surface area contributed by atoms with E-state index in [4.69, 9.17) is 21.1 Å². The van der Waals surface area contributed by atoms with E-state index < -0.39 is 5.82 Å². The lowest BCUT2D eigenvalue weighted by molar-refractivity contribution is 0.277. The van der Waals surface area contributed by atoms with Crippen LogP contribution in [0.3, 0.4) is 0 Å². The molecule has 0 unspecified atom stereocenters. The average molecular weight is 479 g/mol. The molecule has 0 aliphatic heterocycles.